The molecule has 1 aliphatic carbocycles. The number of aromatic nitrogens is 2. The van der Waals surface area contributed by atoms with Gasteiger partial charge in [0.25, 0.3) is 11.6 Å². The van der Waals surface area contributed by atoms with Crippen molar-refractivity contribution in [3.63, 3.8) is 0 Å². The van der Waals surface area contributed by atoms with Gasteiger partial charge >= 0.3 is 5.97 Å². The Morgan fingerprint density at radius 2 is 2.04 bits per heavy atom. The highest BCUT2D eigenvalue weighted by atomic mass is 16.5. The molecular weight excluding hydrogens is 358 g/mol. The summed E-state index contributed by atoms with van der Waals surface area (Å²) in [6, 6.07) is 11.1. The van der Waals surface area contributed by atoms with Crippen molar-refractivity contribution in [2.45, 2.75) is 38.6 Å². The number of nitrogens with one attached hydrogen (secondary N) is 1. The number of carbonyl (C=O) groups is 2. The van der Waals surface area contributed by atoms with Crippen LogP contribution in [0.4, 0.5) is 0 Å². The van der Waals surface area contributed by atoms with Gasteiger partial charge in [-0.05, 0) is 38.3 Å². The second-order valence-corrected chi connectivity index (χ2v) is 7.09. The van der Waals surface area contributed by atoms with Gasteiger partial charge in [-0.1, -0.05) is 35.5 Å². The first-order chi connectivity index (χ1) is 13.5. The minimum absolute atomic E-state index is 0.179. The van der Waals surface area contributed by atoms with Crippen molar-refractivity contribution in [2.75, 3.05) is 6.61 Å². The fourth-order valence-electron chi connectivity index (χ4n) is 3.18. The number of hydrogen-bond acceptors (Lipinski definition) is 6. The van der Waals surface area contributed by atoms with Crippen molar-refractivity contribution in [1.29, 1.82) is 0 Å². The highest BCUT2D eigenvalue weighted by Gasteiger charge is 2.29. The number of rotatable bonds is 6. The average molecular weight is 379 g/mol. The molecule has 1 N–H and O–H groups in total. The van der Waals surface area contributed by atoms with Crippen LogP contribution in [0.2, 0.25) is 0 Å². The van der Waals surface area contributed by atoms with E-state index in [1.165, 1.54) is 0 Å². The zero-order chi connectivity index (χ0) is 19.7. The maximum absolute atomic E-state index is 12.7. The first-order valence-corrected chi connectivity index (χ1v) is 9.31. The summed E-state index contributed by atoms with van der Waals surface area (Å²) in [6.07, 6.45) is 2.08. The van der Waals surface area contributed by atoms with Crippen molar-refractivity contribution >= 4 is 23.0 Å². The van der Waals surface area contributed by atoms with Gasteiger partial charge in [-0.3, -0.25) is 4.79 Å². The number of hydrogen-bond donors (Lipinski definition) is 1. The maximum atomic E-state index is 12.7. The van der Waals surface area contributed by atoms with Gasteiger partial charge in [0.15, 0.2) is 6.61 Å². The zero-order valence-electron chi connectivity index (χ0n) is 15.8. The van der Waals surface area contributed by atoms with Gasteiger partial charge in [0.05, 0.1) is 22.7 Å². The van der Waals surface area contributed by atoms with E-state index in [1.807, 2.05) is 37.3 Å². The second kappa shape index (κ2) is 7.42. The molecule has 0 saturated heterocycles. The molecule has 1 saturated carbocycles. The normalized spacial score (nSPS) is 14.6. The highest BCUT2D eigenvalue weighted by Crippen LogP contribution is 2.40. The van der Waals surface area contributed by atoms with Crippen LogP contribution in [0.3, 0.4) is 0 Å². The molecule has 1 amide bonds. The number of fused-ring (bicyclic) bond motifs is 1. The molecule has 4 rings (SSSR count). The van der Waals surface area contributed by atoms with Crippen LogP contribution < -0.4 is 5.32 Å². The molecule has 7 heteroatoms. The Labute approximate surface area is 162 Å². The van der Waals surface area contributed by atoms with Gasteiger partial charge in [0.2, 0.25) is 0 Å². The van der Waals surface area contributed by atoms with Crippen LogP contribution in [0.1, 0.15) is 59.0 Å². The number of aryl methyl sites for hydroxylation is 1. The lowest BCUT2D eigenvalue weighted by Crippen LogP contribution is -2.31. The molecule has 7 nitrogen and oxygen atoms in total. The summed E-state index contributed by atoms with van der Waals surface area (Å²) in [6.45, 7) is 3.27. The van der Waals surface area contributed by atoms with Crippen molar-refractivity contribution in [1.82, 2.24) is 15.5 Å². The Hall–Kier alpha value is -3.22. The average Bonchev–Trinajstić information content (AvgIpc) is 3.49. The van der Waals surface area contributed by atoms with E-state index in [0.717, 1.165) is 24.1 Å². The summed E-state index contributed by atoms with van der Waals surface area (Å²) >= 11 is 0. The van der Waals surface area contributed by atoms with Gasteiger partial charge < -0.3 is 14.6 Å². The number of amides is 1. The van der Waals surface area contributed by atoms with Crippen molar-refractivity contribution in [3.05, 3.63) is 58.9 Å². The molecule has 3 aromatic rings. The van der Waals surface area contributed by atoms with Gasteiger partial charge in [-0.2, -0.15) is 0 Å². The summed E-state index contributed by atoms with van der Waals surface area (Å²) in [5, 5.41) is 7.26. The molecule has 0 aliphatic heterocycles. The Morgan fingerprint density at radius 1 is 1.29 bits per heavy atom. The minimum Gasteiger partial charge on any atom is -0.452 e. The quantitative estimate of drug-likeness (QED) is 0.659. The van der Waals surface area contributed by atoms with E-state index in [-0.39, 0.29) is 18.6 Å². The highest BCUT2D eigenvalue weighted by molar-refractivity contribution is 6.03. The van der Waals surface area contributed by atoms with E-state index in [9.17, 15) is 9.59 Å². The number of pyridine rings is 1. The SMILES string of the molecule is Cc1noc2nc(C3CC3)cc(C(=O)OCC(=O)NC(C)c3ccccc3)c12. The van der Waals surface area contributed by atoms with Gasteiger partial charge in [0.1, 0.15) is 0 Å². The van der Waals surface area contributed by atoms with E-state index in [0.29, 0.717) is 28.3 Å². The zero-order valence-corrected chi connectivity index (χ0v) is 15.8. The summed E-state index contributed by atoms with van der Waals surface area (Å²) in [7, 11) is 0. The maximum Gasteiger partial charge on any atom is 0.339 e. The van der Waals surface area contributed by atoms with E-state index in [2.05, 4.69) is 15.5 Å². The number of carbonyl (C=O) groups excluding carboxylic acids is 2. The summed E-state index contributed by atoms with van der Waals surface area (Å²) in [5.41, 5.74) is 3.02. The third-order valence-corrected chi connectivity index (χ3v) is 4.86. The summed E-state index contributed by atoms with van der Waals surface area (Å²) in [4.78, 5) is 29.3. The summed E-state index contributed by atoms with van der Waals surface area (Å²) in [5.74, 6) is -0.598. The lowest BCUT2D eigenvalue weighted by Gasteiger charge is -2.14. The predicted octanol–water partition coefficient (Wildman–Crippen LogP) is 3.44. The Balaban J connectivity index is 1.45. The van der Waals surface area contributed by atoms with Crippen LogP contribution in [0.25, 0.3) is 11.1 Å². The molecular formula is C21H21N3O4. The molecule has 1 atom stereocenters. The third kappa shape index (κ3) is 3.74. The number of esters is 1. The van der Waals surface area contributed by atoms with Gasteiger partial charge in [-0.15, -0.1) is 0 Å². The molecule has 28 heavy (non-hydrogen) atoms. The Bertz CT molecular complexity index is 1020. The van der Waals surface area contributed by atoms with Crippen LogP contribution >= 0.6 is 0 Å². The van der Waals surface area contributed by atoms with Crippen molar-refractivity contribution in [2.24, 2.45) is 0 Å². The number of ether oxygens (including phenoxy) is 1. The van der Waals surface area contributed by atoms with Crippen LogP contribution in [-0.4, -0.2) is 28.6 Å². The van der Waals surface area contributed by atoms with Crippen LogP contribution in [0, 0.1) is 6.92 Å². The first kappa shape index (κ1) is 18.2. The van der Waals surface area contributed by atoms with E-state index in [1.54, 1.807) is 13.0 Å². The van der Waals surface area contributed by atoms with Gasteiger partial charge in [-0.25, -0.2) is 9.78 Å². The minimum atomic E-state index is -0.580. The first-order valence-electron chi connectivity index (χ1n) is 9.31. The van der Waals surface area contributed by atoms with E-state index >= 15 is 0 Å². The molecule has 1 aromatic carbocycles. The number of benzene rings is 1. The standard InChI is InChI=1S/C21H21N3O4/c1-12(14-6-4-3-5-7-14)22-18(25)11-27-21(26)16-10-17(15-8-9-15)23-20-19(16)13(2)24-28-20/h3-7,10,12,15H,8-9,11H2,1-2H3,(H,22,25). The van der Waals surface area contributed by atoms with Crippen LogP contribution in [0.15, 0.2) is 40.9 Å². The topological polar surface area (TPSA) is 94.3 Å². The molecule has 2 aromatic heterocycles. The van der Waals surface area contributed by atoms with Crippen molar-refractivity contribution in [3.8, 4) is 0 Å². The second-order valence-electron chi connectivity index (χ2n) is 7.09. The van der Waals surface area contributed by atoms with E-state index < -0.39 is 5.97 Å². The molecule has 2 heterocycles. The fraction of sp³-hybridized carbons (Fsp3) is 0.333. The molecule has 1 fully saturated rings. The van der Waals surface area contributed by atoms with Crippen molar-refractivity contribution < 1.29 is 18.8 Å². The number of nitrogens with zero attached hydrogens (tertiary/aromatic N) is 2. The Kier molecular flexibility index (Phi) is 4.81. The van der Waals surface area contributed by atoms with E-state index in [4.69, 9.17) is 9.26 Å². The molecule has 0 radical (unpaired) electrons. The molecule has 1 aliphatic rings. The summed E-state index contributed by atoms with van der Waals surface area (Å²) < 4.78 is 10.5. The van der Waals surface area contributed by atoms with Crippen LogP contribution in [0.5, 0.6) is 0 Å². The fourth-order valence-corrected chi connectivity index (χ4v) is 3.18. The largest absolute Gasteiger partial charge is 0.452 e. The Morgan fingerprint density at radius 3 is 2.75 bits per heavy atom. The smallest absolute Gasteiger partial charge is 0.339 e. The lowest BCUT2D eigenvalue weighted by atomic mass is 10.1. The predicted molar refractivity (Wildman–Crippen MR) is 102 cm³/mol. The van der Waals surface area contributed by atoms with Gasteiger partial charge in [0, 0.05) is 11.6 Å². The monoisotopic (exact) mass is 379 g/mol. The lowest BCUT2D eigenvalue weighted by molar-refractivity contribution is -0.124. The third-order valence-electron chi connectivity index (χ3n) is 4.86. The van der Waals surface area contributed by atoms with Crippen LogP contribution in [-0.2, 0) is 9.53 Å². The molecule has 144 valence electrons. The molecule has 1 unspecified atom stereocenters. The molecule has 0 spiro atoms. The molecule has 0 bridgehead atoms.